The lowest BCUT2D eigenvalue weighted by molar-refractivity contribution is 1.32. The minimum Gasteiger partial charge on any atom is -0.244 e. The van der Waals surface area contributed by atoms with Crippen LogP contribution in [0.4, 0.5) is 0 Å². The minimum absolute atomic E-state index is 0.558. The summed E-state index contributed by atoms with van der Waals surface area (Å²) in [6.07, 6.45) is 1.70. The molecule has 76 valence electrons. The van der Waals surface area contributed by atoms with Gasteiger partial charge < -0.3 is 0 Å². The third kappa shape index (κ3) is 2.18. The molecule has 0 amide bonds. The molecule has 0 aliphatic heterocycles. The van der Waals surface area contributed by atoms with E-state index in [0.717, 1.165) is 11.1 Å². The molecule has 0 bridgehead atoms. The lowest BCUT2D eigenvalue weighted by atomic mass is 10.0. The zero-order chi connectivity index (χ0) is 10.8. The van der Waals surface area contributed by atoms with E-state index in [1.54, 1.807) is 6.20 Å². The lowest BCUT2D eigenvalue weighted by Gasteiger charge is -2.06. The van der Waals surface area contributed by atoms with Gasteiger partial charge in [0.25, 0.3) is 0 Å². The van der Waals surface area contributed by atoms with Crippen LogP contribution in [-0.2, 0) is 0 Å². The first-order chi connectivity index (χ1) is 7.16. The third-order valence-electron chi connectivity index (χ3n) is 2.29. The Labute approximate surface area is 94.7 Å². The molecule has 2 aromatic rings. The van der Waals surface area contributed by atoms with Crippen molar-refractivity contribution in [3.05, 3.63) is 52.8 Å². The van der Waals surface area contributed by atoms with Crippen LogP contribution in [0.5, 0.6) is 0 Å². The summed E-state index contributed by atoms with van der Waals surface area (Å²) in [6, 6.07) is 10.3. The standard InChI is InChI=1S/C13H12ClN/c1-9-6-10(2)8-11(7-9)12-4-3-5-15-13(12)14/h3-8H,1-2H3. The monoisotopic (exact) mass is 217 g/mol. The van der Waals surface area contributed by atoms with Gasteiger partial charge in [-0.3, -0.25) is 0 Å². The van der Waals surface area contributed by atoms with E-state index in [1.165, 1.54) is 11.1 Å². The molecule has 0 atom stereocenters. The average Bonchev–Trinajstić information content (AvgIpc) is 2.16. The maximum Gasteiger partial charge on any atom is 0.136 e. The van der Waals surface area contributed by atoms with E-state index < -0.39 is 0 Å². The molecule has 0 fully saturated rings. The van der Waals surface area contributed by atoms with Crippen molar-refractivity contribution < 1.29 is 0 Å². The smallest absolute Gasteiger partial charge is 0.136 e. The van der Waals surface area contributed by atoms with Crippen molar-refractivity contribution in [2.45, 2.75) is 13.8 Å². The molecule has 0 radical (unpaired) electrons. The summed E-state index contributed by atoms with van der Waals surface area (Å²) in [5.74, 6) is 0. The molecule has 0 saturated heterocycles. The molecular formula is C13H12ClN. The van der Waals surface area contributed by atoms with Crippen molar-refractivity contribution in [1.29, 1.82) is 0 Å². The second-order valence-electron chi connectivity index (χ2n) is 3.72. The molecule has 1 heterocycles. The van der Waals surface area contributed by atoms with E-state index in [1.807, 2.05) is 12.1 Å². The van der Waals surface area contributed by atoms with E-state index in [-0.39, 0.29) is 0 Å². The van der Waals surface area contributed by atoms with Gasteiger partial charge in [-0.05, 0) is 31.5 Å². The number of nitrogens with zero attached hydrogens (tertiary/aromatic N) is 1. The first-order valence-electron chi connectivity index (χ1n) is 4.86. The number of hydrogen-bond donors (Lipinski definition) is 0. The molecule has 0 N–H and O–H groups in total. The van der Waals surface area contributed by atoms with Gasteiger partial charge in [-0.1, -0.05) is 40.9 Å². The Morgan fingerprint density at radius 1 is 1.07 bits per heavy atom. The van der Waals surface area contributed by atoms with Crippen molar-refractivity contribution in [2.75, 3.05) is 0 Å². The molecule has 1 aromatic carbocycles. The number of hydrogen-bond acceptors (Lipinski definition) is 1. The summed E-state index contributed by atoms with van der Waals surface area (Å²) >= 11 is 6.05. The van der Waals surface area contributed by atoms with Crippen molar-refractivity contribution >= 4 is 11.6 Å². The lowest BCUT2D eigenvalue weighted by Crippen LogP contribution is -1.85. The fourth-order valence-corrected chi connectivity index (χ4v) is 1.96. The normalized spacial score (nSPS) is 10.3. The molecule has 1 nitrogen and oxygen atoms in total. The zero-order valence-electron chi connectivity index (χ0n) is 8.79. The van der Waals surface area contributed by atoms with Crippen LogP contribution < -0.4 is 0 Å². The van der Waals surface area contributed by atoms with Gasteiger partial charge in [-0.15, -0.1) is 0 Å². The molecule has 2 rings (SSSR count). The second kappa shape index (κ2) is 4.03. The Hall–Kier alpha value is -1.34. The average molecular weight is 218 g/mol. The molecule has 15 heavy (non-hydrogen) atoms. The summed E-state index contributed by atoms with van der Waals surface area (Å²) in [5, 5.41) is 0.558. The molecule has 0 saturated carbocycles. The highest BCUT2D eigenvalue weighted by Crippen LogP contribution is 2.27. The largest absolute Gasteiger partial charge is 0.244 e. The van der Waals surface area contributed by atoms with Crippen LogP contribution in [0, 0.1) is 13.8 Å². The van der Waals surface area contributed by atoms with Crippen molar-refractivity contribution in [3.8, 4) is 11.1 Å². The first-order valence-corrected chi connectivity index (χ1v) is 5.24. The molecule has 0 spiro atoms. The number of aromatic nitrogens is 1. The zero-order valence-corrected chi connectivity index (χ0v) is 9.55. The molecule has 2 heteroatoms. The first kappa shape index (κ1) is 10.2. The number of pyridine rings is 1. The topological polar surface area (TPSA) is 12.9 Å². The van der Waals surface area contributed by atoms with Gasteiger partial charge in [0.15, 0.2) is 0 Å². The van der Waals surface area contributed by atoms with Crippen molar-refractivity contribution in [1.82, 2.24) is 4.98 Å². The Bertz CT molecular complexity index is 471. The summed E-state index contributed by atoms with van der Waals surface area (Å²) in [4.78, 5) is 4.08. The number of halogens is 1. The van der Waals surface area contributed by atoms with Crippen molar-refractivity contribution in [3.63, 3.8) is 0 Å². The van der Waals surface area contributed by atoms with Gasteiger partial charge in [0.1, 0.15) is 5.15 Å². The molecule has 0 aliphatic carbocycles. The van der Waals surface area contributed by atoms with Gasteiger partial charge in [0.05, 0.1) is 0 Å². The van der Waals surface area contributed by atoms with Crippen LogP contribution in [0.1, 0.15) is 11.1 Å². The maximum atomic E-state index is 6.05. The highest BCUT2D eigenvalue weighted by Gasteiger charge is 2.04. The number of rotatable bonds is 1. The van der Waals surface area contributed by atoms with Crippen LogP contribution in [0.15, 0.2) is 36.5 Å². The van der Waals surface area contributed by atoms with Crippen LogP contribution >= 0.6 is 11.6 Å². The van der Waals surface area contributed by atoms with E-state index >= 15 is 0 Å². The molecule has 0 aliphatic rings. The van der Waals surface area contributed by atoms with Gasteiger partial charge in [-0.2, -0.15) is 0 Å². The highest BCUT2D eigenvalue weighted by atomic mass is 35.5. The van der Waals surface area contributed by atoms with Gasteiger partial charge in [0, 0.05) is 11.8 Å². The van der Waals surface area contributed by atoms with Crippen LogP contribution in [0.25, 0.3) is 11.1 Å². The highest BCUT2D eigenvalue weighted by molar-refractivity contribution is 6.32. The second-order valence-corrected chi connectivity index (χ2v) is 4.08. The minimum atomic E-state index is 0.558. The Morgan fingerprint density at radius 3 is 2.33 bits per heavy atom. The molecular weight excluding hydrogens is 206 g/mol. The van der Waals surface area contributed by atoms with Crippen LogP contribution in [0.2, 0.25) is 5.15 Å². The summed E-state index contributed by atoms with van der Waals surface area (Å²) in [7, 11) is 0. The van der Waals surface area contributed by atoms with Gasteiger partial charge in [-0.25, -0.2) is 4.98 Å². The van der Waals surface area contributed by atoms with Crippen LogP contribution in [-0.4, -0.2) is 4.98 Å². The molecule has 0 unspecified atom stereocenters. The number of aryl methyl sites for hydroxylation is 2. The molecule has 1 aromatic heterocycles. The van der Waals surface area contributed by atoms with Crippen molar-refractivity contribution in [2.24, 2.45) is 0 Å². The summed E-state index contributed by atoms with van der Waals surface area (Å²) in [6.45, 7) is 4.17. The third-order valence-corrected chi connectivity index (χ3v) is 2.59. The fourth-order valence-electron chi connectivity index (χ4n) is 1.73. The Kier molecular flexibility index (Phi) is 2.74. The van der Waals surface area contributed by atoms with Gasteiger partial charge >= 0.3 is 0 Å². The summed E-state index contributed by atoms with van der Waals surface area (Å²) < 4.78 is 0. The SMILES string of the molecule is Cc1cc(C)cc(-c2cccnc2Cl)c1. The van der Waals surface area contributed by atoms with E-state index in [2.05, 4.69) is 37.0 Å². The van der Waals surface area contributed by atoms with E-state index in [0.29, 0.717) is 5.15 Å². The van der Waals surface area contributed by atoms with Gasteiger partial charge in [0.2, 0.25) is 0 Å². The predicted octanol–water partition coefficient (Wildman–Crippen LogP) is 4.02. The summed E-state index contributed by atoms with van der Waals surface area (Å²) in [5.41, 5.74) is 4.60. The Balaban J connectivity index is 2.59. The fraction of sp³-hybridized carbons (Fsp3) is 0.154. The quantitative estimate of drug-likeness (QED) is 0.658. The van der Waals surface area contributed by atoms with E-state index in [4.69, 9.17) is 11.6 Å². The van der Waals surface area contributed by atoms with E-state index in [9.17, 15) is 0 Å². The predicted molar refractivity (Wildman–Crippen MR) is 64.2 cm³/mol. The Morgan fingerprint density at radius 2 is 1.73 bits per heavy atom. The number of benzene rings is 1. The maximum absolute atomic E-state index is 6.05. The van der Waals surface area contributed by atoms with Crippen LogP contribution in [0.3, 0.4) is 0 Å².